The smallest absolute Gasteiger partial charge is 0.220 e. The molecule has 1 heterocycles. The zero-order valence-electron chi connectivity index (χ0n) is 15.2. The van der Waals surface area contributed by atoms with Crippen molar-refractivity contribution < 1.29 is 9.53 Å². The maximum absolute atomic E-state index is 12.1. The third kappa shape index (κ3) is 7.05. The molecule has 0 spiro atoms. The van der Waals surface area contributed by atoms with Gasteiger partial charge in [-0.2, -0.15) is 0 Å². The number of benzene rings is 1. The summed E-state index contributed by atoms with van der Waals surface area (Å²) in [4.78, 5) is 14.5. The van der Waals surface area contributed by atoms with Crippen molar-refractivity contribution in [3.05, 3.63) is 35.4 Å². The first kappa shape index (κ1) is 23.2. The minimum Gasteiger partial charge on any atom is -0.379 e. The Morgan fingerprint density at radius 1 is 1.19 bits per heavy atom. The van der Waals surface area contributed by atoms with E-state index >= 15 is 0 Å². The zero-order valence-corrected chi connectivity index (χ0v) is 16.8. The maximum Gasteiger partial charge on any atom is 0.220 e. The van der Waals surface area contributed by atoms with Crippen molar-refractivity contribution in [2.75, 3.05) is 26.3 Å². The second-order valence-electron chi connectivity index (χ2n) is 7.04. The third-order valence-electron chi connectivity index (χ3n) is 5.16. The highest BCUT2D eigenvalue weighted by atomic mass is 35.5. The lowest BCUT2D eigenvalue weighted by molar-refractivity contribution is -0.122. The first-order valence-electron chi connectivity index (χ1n) is 9.11. The Labute approximate surface area is 168 Å². The fraction of sp³-hybridized carbons (Fsp3) is 0.632. The first-order chi connectivity index (χ1) is 11.7. The van der Waals surface area contributed by atoms with E-state index in [0.717, 1.165) is 57.7 Å². The Morgan fingerprint density at radius 2 is 1.92 bits per heavy atom. The molecule has 2 atom stereocenters. The normalized spacial score (nSPS) is 23.0. The summed E-state index contributed by atoms with van der Waals surface area (Å²) in [6, 6.07) is 8.69. The molecule has 26 heavy (non-hydrogen) atoms. The van der Waals surface area contributed by atoms with E-state index < -0.39 is 0 Å². The molecule has 2 fully saturated rings. The van der Waals surface area contributed by atoms with Crippen LogP contribution in [0.1, 0.15) is 36.8 Å². The van der Waals surface area contributed by atoms with Crippen molar-refractivity contribution in [1.82, 2.24) is 10.2 Å². The molecular weight excluding hydrogens is 373 g/mol. The predicted octanol–water partition coefficient (Wildman–Crippen LogP) is 2.50. The molecule has 5 nitrogen and oxygen atoms in total. The molecule has 0 unspecified atom stereocenters. The lowest BCUT2D eigenvalue weighted by Gasteiger charge is -2.26. The SMILES string of the molecule is Cl.Cl.N[C@@H]1CCC[C@H]1CC(=O)NCc1cccc(CN2CCOCC2)c1. The van der Waals surface area contributed by atoms with E-state index in [0.29, 0.717) is 18.9 Å². The number of carbonyl (C=O) groups is 1. The van der Waals surface area contributed by atoms with E-state index in [4.69, 9.17) is 10.5 Å². The number of morpholine rings is 1. The summed E-state index contributed by atoms with van der Waals surface area (Å²) in [6.07, 6.45) is 3.86. The molecule has 1 aliphatic heterocycles. The standard InChI is InChI=1S/C19H29N3O2.2ClH/c20-18-6-2-5-17(18)12-19(23)21-13-15-3-1-4-16(11-15)14-22-7-9-24-10-8-22;;/h1,3-4,11,17-18H,2,5-10,12-14,20H2,(H,21,23);2*1H/t17-,18+;;/m0../s1. The number of amides is 1. The molecule has 1 amide bonds. The Balaban J connectivity index is 0.00000169. The van der Waals surface area contributed by atoms with Gasteiger partial charge in [0.25, 0.3) is 0 Å². The van der Waals surface area contributed by atoms with E-state index in [1.54, 1.807) is 0 Å². The zero-order chi connectivity index (χ0) is 16.8. The summed E-state index contributed by atoms with van der Waals surface area (Å²) in [5.74, 6) is 0.480. The van der Waals surface area contributed by atoms with Crippen LogP contribution in [0.2, 0.25) is 0 Å². The van der Waals surface area contributed by atoms with Crippen LogP contribution >= 0.6 is 24.8 Å². The summed E-state index contributed by atoms with van der Waals surface area (Å²) >= 11 is 0. The van der Waals surface area contributed by atoms with Crippen LogP contribution in [0.4, 0.5) is 0 Å². The van der Waals surface area contributed by atoms with Gasteiger partial charge in [0.1, 0.15) is 0 Å². The summed E-state index contributed by atoms with van der Waals surface area (Å²) < 4.78 is 5.39. The molecule has 3 rings (SSSR count). The number of carbonyl (C=O) groups excluding carboxylic acids is 1. The minimum absolute atomic E-state index is 0. The topological polar surface area (TPSA) is 67.6 Å². The monoisotopic (exact) mass is 403 g/mol. The highest BCUT2D eigenvalue weighted by Gasteiger charge is 2.25. The van der Waals surface area contributed by atoms with Crippen LogP contribution < -0.4 is 11.1 Å². The van der Waals surface area contributed by atoms with Gasteiger partial charge in [0.05, 0.1) is 13.2 Å². The van der Waals surface area contributed by atoms with Gasteiger partial charge < -0.3 is 15.8 Å². The van der Waals surface area contributed by atoms with Crippen molar-refractivity contribution in [1.29, 1.82) is 0 Å². The lowest BCUT2D eigenvalue weighted by Crippen LogP contribution is -2.35. The number of hydrogen-bond donors (Lipinski definition) is 2. The van der Waals surface area contributed by atoms with Gasteiger partial charge in [-0.25, -0.2) is 0 Å². The number of hydrogen-bond acceptors (Lipinski definition) is 4. The molecule has 1 saturated carbocycles. The summed E-state index contributed by atoms with van der Waals surface area (Å²) in [5, 5.41) is 3.05. The molecular formula is C19H31Cl2N3O2. The van der Waals surface area contributed by atoms with Gasteiger partial charge in [-0.15, -0.1) is 24.8 Å². The van der Waals surface area contributed by atoms with Crippen molar-refractivity contribution in [3.8, 4) is 0 Å². The Morgan fingerprint density at radius 3 is 2.62 bits per heavy atom. The van der Waals surface area contributed by atoms with Crippen LogP contribution in [0, 0.1) is 5.92 Å². The van der Waals surface area contributed by atoms with E-state index in [-0.39, 0.29) is 36.8 Å². The second-order valence-corrected chi connectivity index (χ2v) is 7.04. The second kappa shape index (κ2) is 11.8. The largest absolute Gasteiger partial charge is 0.379 e. The Bertz CT molecular complexity index is 553. The number of halogens is 2. The van der Waals surface area contributed by atoms with Gasteiger partial charge in [-0.3, -0.25) is 9.69 Å². The molecule has 0 bridgehead atoms. The van der Waals surface area contributed by atoms with E-state index in [2.05, 4.69) is 34.5 Å². The van der Waals surface area contributed by atoms with Gasteiger partial charge in [0.2, 0.25) is 5.91 Å². The maximum atomic E-state index is 12.1. The van der Waals surface area contributed by atoms with Crippen LogP contribution in [0.5, 0.6) is 0 Å². The molecule has 0 radical (unpaired) electrons. The highest BCUT2D eigenvalue weighted by Crippen LogP contribution is 2.26. The summed E-state index contributed by atoms with van der Waals surface area (Å²) in [6.45, 7) is 5.16. The van der Waals surface area contributed by atoms with E-state index in [9.17, 15) is 4.79 Å². The lowest BCUT2D eigenvalue weighted by atomic mass is 10.00. The molecule has 1 aliphatic carbocycles. The van der Waals surface area contributed by atoms with E-state index in [1.165, 1.54) is 5.56 Å². The van der Waals surface area contributed by atoms with Gasteiger partial charge in [0.15, 0.2) is 0 Å². The highest BCUT2D eigenvalue weighted by molar-refractivity contribution is 5.85. The van der Waals surface area contributed by atoms with Crippen molar-refractivity contribution in [2.24, 2.45) is 11.7 Å². The fourth-order valence-electron chi connectivity index (χ4n) is 3.69. The third-order valence-corrected chi connectivity index (χ3v) is 5.16. The average molecular weight is 404 g/mol. The van der Waals surface area contributed by atoms with Crippen molar-refractivity contribution in [2.45, 2.75) is 44.8 Å². The van der Waals surface area contributed by atoms with Gasteiger partial charge in [-0.1, -0.05) is 30.7 Å². The number of rotatable bonds is 6. The van der Waals surface area contributed by atoms with Crippen LogP contribution in [-0.2, 0) is 22.6 Å². The molecule has 0 aromatic heterocycles. The molecule has 3 N–H and O–H groups in total. The number of ether oxygens (including phenoxy) is 1. The number of nitrogens with two attached hydrogens (primary N) is 1. The molecule has 2 aliphatic rings. The molecule has 1 aromatic rings. The van der Waals surface area contributed by atoms with Crippen LogP contribution in [0.15, 0.2) is 24.3 Å². The predicted molar refractivity (Wildman–Crippen MR) is 109 cm³/mol. The van der Waals surface area contributed by atoms with Crippen LogP contribution in [0.25, 0.3) is 0 Å². The minimum atomic E-state index is 0. The number of nitrogens with zero attached hydrogens (tertiary/aromatic N) is 1. The molecule has 1 aromatic carbocycles. The molecule has 1 saturated heterocycles. The first-order valence-corrected chi connectivity index (χ1v) is 9.11. The van der Waals surface area contributed by atoms with E-state index in [1.807, 2.05) is 0 Å². The van der Waals surface area contributed by atoms with Gasteiger partial charge >= 0.3 is 0 Å². The van der Waals surface area contributed by atoms with Gasteiger partial charge in [-0.05, 0) is 29.9 Å². The fourth-order valence-corrected chi connectivity index (χ4v) is 3.69. The average Bonchev–Trinajstić information content (AvgIpc) is 2.99. The van der Waals surface area contributed by atoms with Crippen molar-refractivity contribution >= 4 is 30.7 Å². The summed E-state index contributed by atoms with van der Waals surface area (Å²) in [7, 11) is 0. The van der Waals surface area contributed by atoms with Gasteiger partial charge in [0, 0.05) is 38.6 Å². The Hall–Kier alpha value is -0.850. The van der Waals surface area contributed by atoms with Crippen LogP contribution in [0.3, 0.4) is 0 Å². The number of nitrogens with one attached hydrogen (secondary N) is 1. The quantitative estimate of drug-likeness (QED) is 0.765. The van der Waals surface area contributed by atoms with Crippen LogP contribution in [-0.4, -0.2) is 43.2 Å². The van der Waals surface area contributed by atoms with Crippen molar-refractivity contribution in [3.63, 3.8) is 0 Å². The molecule has 148 valence electrons. The Kier molecular flexibility index (Phi) is 10.5. The molecule has 7 heteroatoms. The summed E-state index contributed by atoms with van der Waals surface area (Å²) in [5.41, 5.74) is 8.50.